The van der Waals surface area contributed by atoms with Crippen LogP contribution in [0.2, 0.25) is 0 Å². The van der Waals surface area contributed by atoms with Gasteiger partial charge in [-0.05, 0) is 18.6 Å². The summed E-state index contributed by atoms with van der Waals surface area (Å²) >= 11 is 3.12. The lowest BCUT2D eigenvalue weighted by molar-refractivity contribution is 0.380. The van der Waals surface area contributed by atoms with E-state index in [4.69, 9.17) is 10.3 Å². The minimum absolute atomic E-state index is 0.524. The van der Waals surface area contributed by atoms with E-state index in [0.717, 1.165) is 5.69 Å². The van der Waals surface area contributed by atoms with Crippen molar-refractivity contribution in [3.05, 3.63) is 52.6 Å². The van der Waals surface area contributed by atoms with Gasteiger partial charge in [-0.2, -0.15) is 4.98 Å². The highest BCUT2D eigenvalue weighted by Crippen LogP contribution is 2.24. The third-order valence-electron chi connectivity index (χ3n) is 2.86. The Morgan fingerprint density at radius 2 is 2.14 bits per heavy atom. The molecule has 2 N–H and O–H groups in total. The first-order valence-corrected chi connectivity index (χ1v) is 8.27. The Hall–Kier alpha value is -1.86. The van der Waals surface area contributed by atoms with Crippen LogP contribution in [0.5, 0.6) is 0 Å². The molecule has 0 aliphatic rings. The third kappa shape index (κ3) is 3.62. The lowest BCUT2D eigenvalue weighted by atomic mass is 10.2. The minimum Gasteiger partial charge on any atom is -0.375 e. The van der Waals surface area contributed by atoms with Crippen molar-refractivity contribution in [2.45, 2.75) is 24.0 Å². The number of anilines is 1. The zero-order chi connectivity index (χ0) is 14.7. The first kappa shape index (κ1) is 14.1. The molecule has 5 nitrogen and oxygen atoms in total. The van der Waals surface area contributed by atoms with E-state index in [1.54, 1.807) is 11.8 Å². The Labute approximate surface area is 130 Å². The van der Waals surface area contributed by atoms with Gasteiger partial charge in [0.05, 0.1) is 17.9 Å². The van der Waals surface area contributed by atoms with E-state index in [1.165, 1.54) is 21.8 Å². The van der Waals surface area contributed by atoms with Gasteiger partial charge < -0.3 is 10.3 Å². The van der Waals surface area contributed by atoms with E-state index >= 15 is 0 Å². The Balaban J connectivity index is 1.61. The summed E-state index contributed by atoms with van der Waals surface area (Å²) in [5.74, 6) is 1.95. The van der Waals surface area contributed by atoms with Gasteiger partial charge in [-0.1, -0.05) is 23.4 Å². The number of thiazole rings is 1. The van der Waals surface area contributed by atoms with Crippen LogP contribution in [0, 0.1) is 6.92 Å². The van der Waals surface area contributed by atoms with Gasteiger partial charge in [-0.3, -0.25) is 0 Å². The normalized spacial score (nSPS) is 10.9. The summed E-state index contributed by atoms with van der Waals surface area (Å²) in [6.07, 6.45) is 0.524. The molecule has 0 amide bonds. The molecule has 2 aromatic heterocycles. The fourth-order valence-corrected chi connectivity index (χ4v) is 3.28. The average molecular weight is 318 g/mol. The molecule has 7 heteroatoms. The fourth-order valence-electron chi connectivity index (χ4n) is 1.84. The van der Waals surface area contributed by atoms with Gasteiger partial charge in [0.2, 0.25) is 5.89 Å². The molecule has 0 bridgehead atoms. The molecular formula is C14H14N4OS2. The predicted octanol–water partition coefficient (Wildman–Crippen LogP) is 3.30. The summed E-state index contributed by atoms with van der Waals surface area (Å²) in [4.78, 5) is 9.80. The van der Waals surface area contributed by atoms with Gasteiger partial charge in [0.25, 0.3) is 0 Å². The maximum absolute atomic E-state index is 5.60. The zero-order valence-corrected chi connectivity index (χ0v) is 13.1. The molecule has 0 unspecified atom stereocenters. The van der Waals surface area contributed by atoms with Gasteiger partial charge >= 0.3 is 0 Å². The molecule has 0 aliphatic carbocycles. The second kappa shape index (κ2) is 6.28. The van der Waals surface area contributed by atoms with Crippen LogP contribution in [0.1, 0.15) is 23.0 Å². The van der Waals surface area contributed by atoms with Crippen LogP contribution in [-0.4, -0.2) is 15.1 Å². The number of hydrogen-bond acceptors (Lipinski definition) is 7. The summed E-state index contributed by atoms with van der Waals surface area (Å²) in [5.41, 5.74) is 7.72. The van der Waals surface area contributed by atoms with E-state index in [9.17, 15) is 0 Å². The summed E-state index contributed by atoms with van der Waals surface area (Å²) in [6, 6.07) is 8.25. The van der Waals surface area contributed by atoms with Crippen LogP contribution in [0.3, 0.4) is 0 Å². The van der Waals surface area contributed by atoms with Crippen molar-refractivity contribution < 1.29 is 4.52 Å². The van der Waals surface area contributed by atoms with Crippen molar-refractivity contribution in [2.75, 3.05) is 5.73 Å². The highest BCUT2D eigenvalue weighted by molar-refractivity contribution is 7.98. The zero-order valence-electron chi connectivity index (χ0n) is 11.4. The quantitative estimate of drug-likeness (QED) is 0.727. The number of aryl methyl sites for hydroxylation is 1. The van der Waals surface area contributed by atoms with E-state index in [1.807, 2.05) is 17.5 Å². The second-order valence-electron chi connectivity index (χ2n) is 4.51. The van der Waals surface area contributed by atoms with Crippen molar-refractivity contribution in [1.82, 2.24) is 15.1 Å². The maximum atomic E-state index is 5.60. The lowest BCUT2D eigenvalue weighted by Gasteiger charge is -2.01. The molecule has 0 spiro atoms. The largest absolute Gasteiger partial charge is 0.375 e. The molecule has 0 fully saturated rings. The average Bonchev–Trinajstić information content (AvgIpc) is 3.08. The third-order valence-corrected chi connectivity index (χ3v) is 4.76. The molecular weight excluding hydrogens is 304 g/mol. The van der Waals surface area contributed by atoms with Gasteiger partial charge in [-0.25, -0.2) is 4.98 Å². The van der Waals surface area contributed by atoms with Crippen molar-refractivity contribution >= 4 is 28.2 Å². The van der Waals surface area contributed by atoms with E-state index in [2.05, 4.69) is 34.2 Å². The number of hydrogen-bond donors (Lipinski definition) is 1. The number of nitrogens with two attached hydrogens (primary N) is 1. The molecule has 1 aromatic carbocycles. The summed E-state index contributed by atoms with van der Waals surface area (Å²) in [7, 11) is 0. The molecule has 0 aliphatic heterocycles. The summed E-state index contributed by atoms with van der Waals surface area (Å²) in [5, 5.41) is 6.46. The highest BCUT2D eigenvalue weighted by atomic mass is 32.2. The topological polar surface area (TPSA) is 77.8 Å². The van der Waals surface area contributed by atoms with Gasteiger partial charge in [-0.15, -0.1) is 23.1 Å². The van der Waals surface area contributed by atoms with E-state index in [0.29, 0.717) is 29.0 Å². The maximum Gasteiger partial charge on any atom is 0.232 e. The minimum atomic E-state index is 0.524. The Bertz CT molecular complexity index is 738. The predicted molar refractivity (Wildman–Crippen MR) is 84.4 cm³/mol. The van der Waals surface area contributed by atoms with E-state index < -0.39 is 0 Å². The van der Waals surface area contributed by atoms with E-state index in [-0.39, 0.29) is 0 Å². The number of rotatable bonds is 5. The number of aromatic nitrogens is 3. The first-order chi connectivity index (χ1) is 10.2. The number of nitrogen functional groups attached to an aromatic ring is 1. The SMILES string of the molecule is Cc1ccccc1SCc1noc(Cc2csc(N)n2)n1. The number of benzene rings is 1. The van der Waals surface area contributed by atoms with Gasteiger partial charge in [0.1, 0.15) is 0 Å². The monoisotopic (exact) mass is 318 g/mol. The Morgan fingerprint density at radius 1 is 1.29 bits per heavy atom. The first-order valence-electron chi connectivity index (χ1n) is 6.40. The fraction of sp³-hybridized carbons (Fsp3) is 0.214. The van der Waals surface area contributed by atoms with Crippen molar-refractivity contribution in [3.8, 4) is 0 Å². The van der Waals surface area contributed by atoms with Gasteiger partial charge in [0.15, 0.2) is 11.0 Å². The molecule has 21 heavy (non-hydrogen) atoms. The number of thioether (sulfide) groups is 1. The summed E-state index contributed by atoms with van der Waals surface area (Å²) in [6.45, 7) is 2.09. The Morgan fingerprint density at radius 3 is 2.90 bits per heavy atom. The summed E-state index contributed by atoms with van der Waals surface area (Å²) < 4.78 is 5.25. The highest BCUT2D eigenvalue weighted by Gasteiger charge is 2.10. The van der Waals surface area contributed by atoms with Crippen LogP contribution in [0.25, 0.3) is 0 Å². The molecule has 2 heterocycles. The van der Waals surface area contributed by atoms with Crippen molar-refractivity contribution in [2.24, 2.45) is 0 Å². The van der Waals surface area contributed by atoms with Crippen molar-refractivity contribution in [3.63, 3.8) is 0 Å². The molecule has 3 aromatic rings. The van der Waals surface area contributed by atoms with Crippen molar-refractivity contribution in [1.29, 1.82) is 0 Å². The molecule has 3 rings (SSSR count). The molecule has 0 atom stereocenters. The van der Waals surface area contributed by atoms with Crippen LogP contribution in [0.15, 0.2) is 39.1 Å². The number of nitrogens with zero attached hydrogens (tertiary/aromatic N) is 3. The van der Waals surface area contributed by atoms with Crippen LogP contribution < -0.4 is 5.73 Å². The lowest BCUT2D eigenvalue weighted by Crippen LogP contribution is -1.91. The van der Waals surface area contributed by atoms with Crippen LogP contribution in [0.4, 0.5) is 5.13 Å². The molecule has 0 saturated carbocycles. The second-order valence-corrected chi connectivity index (χ2v) is 6.42. The molecule has 0 saturated heterocycles. The molecule has 108 valence electrons. The van der Waals surface area contributed by atoms with Gasteiger partial charge in [0, 0.05) is 10.3 Å². The smallest absolute Gasteiger partial charge is 0.232 e. The van der Waals surface area contributed by atoms with Crippen LogP contribution in [-0.2, 0) is 12.2 Å². The standard InChI is InChI=1S/C14H14N4OS2/c1-9-4-2-3-5-11(9)20-8-12-17-13(19-18-12)6-10-7-21-14(15)16-10/h2-5,7H,6,8H2,1H3,(H2,15,16). The van der Waals surface area contributed by atoms with Crippen LogP contribution >= 0.6 is 23.1 Å². The molecule has 0 radical (unpaired) electrons. The Kier molecular flexibility index (Phi) is 4.21.